The number of aromatic amines is 1. The predicted molar refractivity (Wildman–Crippen MR) is 79.6 cm³/mol. The molecule has 6 heteroatoms. The molecule has 106 valence electrons. The molecule has 0 aliphatic rings. The van der Waals surface area contributed by atoms with Crippen molar-refractivity contribution in [3.05, 3.63) is 47.5 Å². The molecule has 0 atom stereocenters. The number of nitrogens with zero attached hydrogens (tertiary/aromatic N) is 2. The van der Waals surface area contributed by atoms with Crippen LogP contribution in [0.5, 0.6) is 5.75 Å². The second kappa shape index (κ2) is 5.24. The number of hydrogen-bond donors (Lipinski definition) is 2. The summed E-state index contributed by atoms with van der Waals surface area (Å²) in [4.78, 5) is 12.3. The highest BCUT2D eigenvalue weighted by Crippen LogP contribution is 2.26. The van der Waals surface area contributed by atoms with E-state index >= 15 is 0 Å². The summed E-state index contributed by atoms with van der Waals surface area (Å²) in [6.45, 7) is 1.95. The number of anilines is 1. The molecule has 2 aromatic carbocycles. The molecule has 0 spiro atoms. The van der Waals surface area contributed by atoms with Gasteiger partial charge < -0.3 is 10.1 Å². The predicted octanol–water partition coefficient (Wildman–Crippen LogP) is 2.53. The van der Waals surface area contributed by atoms with E-state index in [-0.39, 0.29) is 5.91 Å². The van der Waals surface area contributed by atoms with E-state index in [9.17, 15) is 4.79 Å². The van der Waals surface area contributed by atoms with Crippen molar-refractivity contribution < 1.29 is 9.53 Å². The fourth-order valence-corrected chi connectivity index (χ4v) is 2.10. The summed E-state index contributed by atoms with van der Waals surface area (Å²) in [5.41, 5.74) is 3.57. The van der Waals surface area contributed by atoms with Gasteiger partial charge in [-0.05, 0) is 42.8 Å². The zero-order valence-corrected chi connectivity index (χ0v) is 11.7. The van der Waals surface area contributed by atoms with Gasteiger partial charge in [0.25, 0.3) is 5.91 Å². The van der Waals surface area contributed by atoms with Gasteiger partial charge in [0.05, 0.1) is 12.8 Å². The molecule has 21 heavy (non-hydrogen) atoms. The van der Waals surface area contributed by atoms with Gasteiger partial charge in [0.1, 0.15) is 16.8 Å². The number of hydrogen-bond acceptors (Lipinski definition) is 4. The first kappa shape index (κ1) is 13.1. The van der Waals surface area contributed by atoms with E-state index in [4.69, 9.17) is 4.74 Å². The molecular formula is C15H14N4O2. The van der Waals surface area contributed by atoms with E-state index in [1.165, 1.54) is 0 Å². The summed E-state index contributed by atoms with van der Waals surface area (Å²) < 4.78 is 5.25. The van der Waals surface area contributed by atoms with Crippen LogP contribution in [-0.4, -0.2) is 28.4 Å². The Bertz CT molecular complexity index is 810. The Morgan fingerprint density at radius 1 is 1.14 bits per heavy atom. The van der Waals surface area contributed by atoms with Gasteiger partial charge in [-0.2, -0.15) is 15.4 Å². The first-order valence-corrected chi connectivity index (χ1v) is 6.44. The van der Waals surface area contributed by atoms with Crippen LogP contribution in [0.2, 0.25) is 0 Å². The fourth-order valence-electron chi connectivity index (χ4n) is 2.10. The van der Waals surface area contributed by atoms with Crippen LogP contribution in [0.15, 0.2) is 36.4 Å². The molecule has 0 fully saturated rings. The van der Waals surface area contributed by atoms with E-state index in [1.54, 1.807) is 25.3 Å². The molecule has 1 heterocycles. The van der Waals surface area contributed by atoms with E-state index in [1.807, 2.05) is 25.1 Å². The Balaban J connectivity index is 1.90. The van der Waals surface area contributed by atoms with Crippen molar-refractivity contribution in [2.45, 2.75) is 6.92 Å². The Kier molecular flexibility index (Phi) is 3.27. The van der Waals surface area contributed by atoms with Gasteiger partial charge in [-0.15, -0.1) is 0 Å². The van der Waals surface area contributed by atoms with Crippen molar-refractivity contribution in [2.75, 3.05) is 12.4 Å². The fraction of sp³-hybridized carbons (Fsp3) is 0.133. The number of carbonyl (C=O) groups is 1. The van der Waals surface area contributed by atoms with Gasteiger partial charge in [-0.3, -0.25) is 4.79 Å². The lowest BCUT2D eigenvalue weighted by atomic mass is 10.1. The molecule has 0 radical (unpaired) electrons. The topological polar surface area (TPSA) is 79.9 Å². The van der Waals surface area contributed by atoms with Crippen LogP contribution in [-0.2, 0) is 0 Å². The van der Waals surface area contributed by atoms with Crippen LogP contribution in [0.3, 0.4) is 0 Å². The third-order valence-electron chi connectivity index (χ3n) is 3.18. The van der Waals surface area contributed by atoms with Crippen LogP contribution in [0.25, 0.3) is 11.0 Å². The maximum absolute atomic E-state index is 12.3. The molecule has 1 aromatic heterocycles. The first-order valence-electron chi connectivity index (χ1n) is 6.44. The molecule has 3 rings (SSSR count). The lowest BCUT2D eigenvalue weighted by Gasteiger charge is -2.11. The number of aryl methyl sites for hydroxylation is 1. The Labute approximate surface area is 121 Å². The average molecular weight is 282 g/mol. The summed E-state index contributed by atoms with van der Waals surface area (Å²) in [6, 6.07) is 10.8. The highest BCUT2D eigenvalue weighted by Gasteiger charge is 2.11. The molecule has 0 unspecified atom stereocenters. The molecule has 0 saturated heterocycles. The van der Waals surface area contributed by atoms with Crippen LogP contribution in [0.1, 0.15) is 15.9 Å². The highest BCUT2D eigenvalue weighted by molar-refractivity contribution is 6.06. The smallest absolute Gasteiger partial charge is 0.255 e. The Morgan fingerprint density at radius 3 is 2.76 bits per heavy atom. The van der Waals surface area contributed by atoms with E-state index < -0.39 is 0 Å². The number of ether oxygens (including phenoxy) is 1. The van der Waals surface area contributed by atoms with Crippen LogP contribution in [0, 0.1) is 6.92 Å². The van der Waals surface area contributed by atoms with Crippen molar-refractivity contribution in [1.29, 1.82) is 0 Å². The summed E-state index contributed by atoms with van der Waals surface area (Å²) in [6.07, 6.45) is 0. The molecule has 1 amide bonds. The maximum Gasteiger partial charge on any atom is 0.255 e. The number of rotatable bonds is 3. The SMILES string of the molecule is COc1ccc(C)cc1NC(=O)c1ccc2n[nH]nc2c1. The second-order valence-electron chi connectivity index (χ2n) is 4.68. The molecular weight excluding hydrogens is 268 g/mol. The van der Waals surface area contributed by atoms with Crippen molar-refractivity contribution in [3.8, 4) is 5.75 Å². The highest BCUT2D eigenvalue weighted by atomic mass is 16.5. The zero-order chi connectivity index (χ0) is 14.8. The van der Waals surface area contributed by atoms with Gasteiger partial charge in [-0.1, -0.05) is 6.07 Å². The number of H-pyrrole nitrogens is 1. The number of methoxy groups -OCH3 is 1. The van der Waals surface area contributed by atoms with Crippen LogP contribution in [0.4, 0.5) is 5.69 Å². The summed E-state index contributed by atoms with van der Waals surface area (Å²) >= 11 is 0. The first-order chi connectivity index (χ1) is 10.2. The van der Waals surface area contributed by atoms with Gasteiger partial charge >= 0.3 is 0 Å². The van der Waals surface area contributed by atoms with E-state index in [0.717, 1.165) is 11.1 Å². The molecule has 3 aromatic rings. The molecule has 0 bridgehead atoms. The third-order valence-corrected chi connectivity index (χ3v) is 3.18. The van der Waals surface area contributed by atoms with Crippen molar-refractivity contribution in [1.82, 2.24) is 15.4 Å². The number of aromatic nitrogens is 3. The normalized spacial score (nSPS) is 10.6. The molecule has 6 nitrogen and oxygen atoms in total. The minimum absolute atomic E-state index is 0.219. The minimum atomic E-state index is -0.219. The minimum Gasteiger partial charge on any atom is -0.495 e. The largest absolute Gasteiger partial charge is 0.495 e. The zero-order valence-electron chi connectivity index (χ0n) is 11.7. The lowest BCUT2D eigenvalue weighted by Crippen LogP contribution is -2.12. The number of carbonyl (C=O) groups excluding carboxylic acids is 1. The molecule has 0 aliphatic carbocycles. The maximum atomic E-state index is 12.3. The van der Waals surface area contributed by atoms with Crippen LogP contribution >= 0.6 is 0 Å². The van der Waals surface area contributed by atoms with Crippen molar-refractivity contribution in [3.63, 3.8) is 0 Å². The molecule has 2 N–H and O–H groups in total. The lowest BCUT2D eigenvalue weighted by molar-refractivity contribution is 0.102. The second-order valence-corrected chi connectivity index (χ2v) is 4.68. The van der Waals surface area contributed by atoms with Crippen molar-refractivity contribution in [2.24, 2.45) is 0 Å². The van der Waals surface area contributed by atoms with E-state index in [2.05, 4.69) is 20.7 Å². The van der Waals surface area contributed by atoms with E-state index in [0.29, 0.717) is 22.5 Å². The average Bonchev–Trinajstić information content (AvgIpc) is 2.94. The number of nitrogens with one attached hydrogen (secondary N) is 2. The van der Waals surface area contributed by atoms with Gasteiger partial charge in [-0.25, -0.2) is 0 Å². The van der Waals surface area contributed by atoms with Crippen molar-refractivity contribution >= 4 is 22.6 Å². The van der Waals surface area contributed by atoms with Crippen LogP contribution < -0.4 is 10.1 Å². The number of fused-ring (bicyclic) bond motifs is 1. The Morgan fingerprint density at radius 2 is 1.95 bits per heavy atom. The monoisotopic (exact) mass is 282 g/mol. The summed E-state index contributed by atoms with van der Waals surface area (Å²) in [5.74, 6) is 0.403. The summed E-state index contributed by atoms with van der Waals surface area (Å²) in [7, 11) is 1.57. The molecule has 0 saturated carbocycles. The molecule has 0 aliphatic heterocycles. The third kappa shape index (κ3) is 2.55. The van der Waals surface area contributed by atoms with Gasteiger partial charge in [0.15, 0.2) is 0 Å². The van der Waals surface area contributed by atoms with Gasteiger partial charge in [0, 0.05) is 5.56 Å². The summed E-state index contributed by atoms with van der Waals surface area (Å²) in [5, 5.41) is 13.3. The Hall–Kier alpha value is -2.89. The van der Waals surface area contributed by atoms with Gasteiger partial charge in [0.2, 0.25) is 0 Å². The number of amides is 1. The standard InChI is InChI=1S/C15H14N4O2/c1-9-3-6-14(21-2)13(7-9)16-15(20)10-4-5-11-12(8-10)18-19-17-11/h3-8H,1-2H3,(H,16,20)(H,17,18,19). The quantitative estimate of drug-likeness (QED) is 0.773. The number of benzene rings is 2.